The van der Waals surface area contributed by atoms with E-state index in [0.29, 0.717) is 0 Å². The van der Waals surface area contributed by atoms with Crippen LogP contribution < -0.4 is 0 Å². The Labute approximate surface area is 154 Å². The monoisotopic (exact) mass is 382 g/mol. The van der Waals surface area contributed by atoms with Gasteiger partial charge in [0.15, 0.2) is 0 Å². The maximum absolute atomic E-state index is 12.3. The molecule has 1 heterocycles. The van der Waals surface area contributed by atoms with Crippen LogP contribution in [0.2, 0.25) is 0 Å². The Kier molecular flexibility index (Phi) is 7.65. The van der Waals surface area contributed by atoms with E-state index >= 15 is 0 Å². The molecule has 130 valence electrons. The van der Waals surface area contributed by atoms with Gasteiger partial charge in [0.25, 0.3) is 0 Å². The molecule has 0 N–H and O–H groups in total. The van der Waals surface area contributed by atoms with E-state index in [4.69, 9.17) is 0 Å². The van der Waals surface area contributed by atoms with Crippen molar-refractivity contribution >= 4 is 40.3 Å². The number of carbonyl (C=O) groups excluding carboxylic acids is 1. The summed E-state index contributed by atoms with van der Waals surface area (Å²) in [5, 5.41) is 1.77. The zero-order valence-electron chi connectivity index (χ0n) is 13.9. The Bertz CT molecular complexity index is 629. The van der Waals surface area contributed by atoms with E-state index in [1.54, 1.807) is 5.41 Å². The molecule has 1 aromatic carbocycles. The first-order chi connectivity index (χ1) is 11.5. The van der Waals surface area contributed by atoms with Crippen LogP contribution in [0.3, 0.4) is 0 Å². The van der Waals surface area contributed by atoms with E-state index in [-0.39, 0.29) is 10.0 Å². The summed E-state index contributed by atoms with van der Waals surface area (Å²) in [6.45, 7) is 2.02. The SMILES string of the molecule is COC(=O)/C=C\CC1(C/C=C\S(=O)c2ccc(C)cc2)SCCS1. The highest BCUT2D eigenvalue weighted by Crippen LogP contribution is 2.49. The third-order valence-electron chi connectivity index (χ3n) is 3.60. The molecule has 24 heavy (non-hydrogen) atoms. The van der Waals surface area contributed by atoms with E-state index < -0.39 is 10.8 Å². The van der Waals surface area contributed by atoms with Gasteiger partial charge in [0.2, 0.25) is 0 Å². The van der Waals surface area contributed by atoms with Crippen LogP contribution in [0.15, 0.2) is 52.8 Å². The Balaban J connectivity index is 1.95. The fraction of sp³-hybridized carbons (Fsp3) is 0.389. The summed E-state index contributed by atoms with van der Waals surface area (Å²) in [6.07, 6.45) is 6.98. The fourth-order valence-electron chi connectivity index (χ4n) is 2.28. The molecule has 3 nitrogen and oxygen atoms in total. The Morgan fingerprint density at radius 3 is 2.46 bits per heavy atom. The zero-order chi connectivity index (χ0) is 17.4. The second-order valence-electron chi connectivity index (χ2n) is 5.42. The molecule has 0 aromatic heterocycles. The minimum atomic E-state index is -1.12. The zero-order valence-corrected chi connectivity index (χ0v) is 16.3. The Hall–Kier alpha value is -0.980. The summed E-state index contributed by atoms with van der Waals surface area (Å²) in [4.78, 5) is 12.0. The molecule has 6 heteroatoms. The third-order valence-corrected chi connectivity index (χ3v) is 8.28. The van der Waals surface area contributed by atoms with Gasteiger partial charge >= 0.3 is 5.97 Å². The largest absolute Gasteiger partial charge is 0.466 e. The molecule has 1 aliphatic heterocycles. The van der Waals surface area contributed by atoms with Gasteiger partial charge in [0.05, 0.1) is 22.0 Å². The molecule has 1 atom stereocenters. The van der Waals surface area contributed by atoms with Crippen molar-refractivity contribution in [2.45, 2.75) is 28.7 Å². The number of allylic oxidation sites excluding steroid dienone is 2. The second kappa shape index (κ2) is 9.49. The molecule has 0 aliphatic carbocycles. The predicted molar refractivity (Wildman–Crippen MR) is 105 cm³/mol. The van der Waals surface area contributed by atoms with Gasteiger partial charge in [-0.2, -0.15) is 0 Å². The van der Waals surface area contributed by atoms with Gasteiger partial charge in [0, 0.05) is 27.9 Å². The number of hydrogen-bond donors (Lipinski definition) is 0. The minimum absolute atomic E-state index is 0.0263. The number of methoxy groups -OCH3 is 1. The molecule has 0 spiro atoms. The number of hydrogen-bond acceptors (Lipinski definition) is 5. The van der Waals surface area contributed by atoms with Crippen molar-refractivity contribution in [2.75, 3.05) is 18.6 Å². The van der Waals surface area contributed by atoms with Crippen molar-refractivity contribution in [1.82, 2.24) is 0 Å². The fourth-order valence-corrected chi connectivity index (χ4v) is 6.22. The van der Waals surface area contributed by atoms with Gasteiger partial charge < -0.3 is 4.74 Å². The van der Waals surface area contributed by atoms with Gasteiger partial charge in [0.1, 0.15) is 0 Å². The maximum atomic E-state index is 12.3. The number of aryl methyl sites for hydroxylation is 1. The highest BCUT2D eigenvalue weighted by Gasteiger charge is 2.33. The molecule has 0 saturated carbocycles. The summed E-state index contributed by atoms with van der Waals surface area (Å²) >= 11 is 3.82. The van der Waals surface area contributed by atoms with Crippen LogP contribution in [0.5, 0.6) is 0 Å². The van der Waals surface area contributed by atoms with Crippen LogP contribution in [0, 0.1) is 6.92 Å². The molecule has 1 saturated heterocycles. The highest BCUT2D eigenvalue weighted by atomic mass is 32.2. The van der Waals surface area contributed by atoms with E-state index in [1.807, 2.05) is 66.9 Å². The summed E-state index contributed by atoms with van der Waals surface area (Å²) in [5.41, 5.74) is 1.16. The molecule has 1 unspecified atom stereocenters. The van der Waals surface area contributed by atoms with Gasteiger partial charge in [-0.1, -0.05) is 29.8 Å². The molecule has 1 aromatic rings. The number of rotatable bonds is 7. The van der Waals surface area contributed by atoms with Crippen molar-refractivity contribution in [3.63, 3.8) is 0 Å². The number of benzene rings is 1. The number of carbonyl (C=O) groups is 1. The number of ether oxygens (including phenoxy) is 1. The van der Waals surface area contributed by atoms with Crippen molar-refractivity contribution in [3.8, 4) is 0 Å². The van der Waals surface area contributed by atoms with E-state index in [1.165, 1.54) is 13.2 Å². The normalized spacial score (nSPS) is 18.2. The third kappa shape index (κ3) is 5.83. The van der Waals surface area contributed by atoms with Gasteiger partial charge in [-0.25, -0.2) is 9.00 Å². The van der Waals surface area contributed by atoms with Crippen LogP contribution in [-0.4, -0.2) is 32.9 Å². The summed E-state index contributed by atoms with van der Waals surface area (Å²) in [7, 11) is 0.264. The first-order valence-electron chi connectivity index (χ1n) is 7.71. The lowest BCUT2D eigenvalue weighted by Gasteiger charge is -2.24. The average molecular weight is 383 g/mol. The van der Waals surface area contributed by atoms with Crippen molar-refractivity contribution in [2.24, 2.45) is 0 Å². The molecule has 1 aliphatic rings. The highest BCUT2D eigenvalue weighted by molar-refractivity contribution is 8.21. The van der Waals surface area contributed by atoms with E-state index in [9.17, 15) is 9.00 Å². The van der Waals surface area contributed by atoms with Crippen LogP contribution in [0.4, 0.5) is 0 Å². The molecular formula is C18H22O3S3. The van der Waals surface area contributed by atoms with Crippen LogP contribution in [0.1, 0.15) is 18.4 Å². The molecule has 2 rings (SSSR count). The topological polar surface area (TPSA) is 43.4 Å². The van der Waals surface area contributed by atoms with Crippen LogP contribution >= 0.6 is 23.5 Å². The molecule has 1 fully saturated rings. The lowest BCUT2D eigenvalue weighted by Crippen LogP contribution is -2.15. The van der Waals surface area contributed by atoms with Gasteiger partial charge in [-0.15, -0.1) is 23.5 Å². The van der Waals surface area contributed by atoms with Crippen molar-refractivity contribution in [3.05, 3.63) is 53.5 Å². The second-order valence-corrected chi connectivity index (χ2v) is 9.98. The average Bonchev–Trinajstić information content (AvgIpc) is 3.04. The van der Waals surface area contributed by atoms with Crippen molar-refractivity contribution in [1.29, 1.82) is 0 Å². The Morgan fingerprint density at radius 2 is 1.83 bits per heavy atom. The van der Waals surface area contributed by atoms with Gasteiger partial charge in [-0.3, -0.25) is 0 Å². The molecule has 0 radical (unpaired) electrons. The minimum Gasteiger partial charge on any atom is -0.466 e. The summed E-state index contributed by atoms with van der Waals surface area (Å²) in [5.74, 6) is 1.88. The number of esters is 1. The smallest absolute Gasteiger partial charge is 0.330 e. The molecular weight excluding hydrogens is 360 g/mol. The van der Waals surface area contributed by atoms with Crippen LogP contribution in [0.25, 0.3) is 0 Å². The van der Waals surface area contributed by atoms with Gasteiger partial charge in [-0.05, 0) is 31.9 Å². The summed E-state index contributed by atoms with van der Waals surface area (Å²) < 4.78 is 17.0. The predicted octanol–water partition coefficient (Wildman–Crippen LogP) is 4.30. The summed E-state index contributed by atoms with van der Waals surface area (Å²) in [6, 6.07) is 7.76. The maximum Gasteiger partial charge on any atom is 0.330 e. The quantitative estimate of drug-likeness (QED) is 0.519. The van der Waals surface area contributed by atoms with E-state index in [0.717, 1.165) is 34.8 Å². The lowest BCUT2D eigenvalue weighted by molar-refractivity contribution is -0.134. The first kappa shape index (κ1) is 19.3. The molecule has 0 bridgehead atoms. The first-order valence-corrected chi connectivity index (χ1v) is 10.9. The van der Waals surface area contributed by atoms with E-state index in [2.05, 4.69) is 4.74 Å². The number of thioether (sulfide) groups is 2. The lowest BCUT2D eigenvalue weighted by atomic mass is 10.2. The Morgan fingerprint density at radius 1 is 1.21 bits per heavy atom. The van der Waals surface area contributed by atoms with Crippen LogP contribution in [-0.2, 0) is 20.3 Å². The van der Waals surface area contributed by atoms with Crippen molar-refractivity contribution < 1.29 is 13.7 Å². The standard InChI is InChI=1S/C18H22O3S3/c1-15-6-8-16(9-7-15)24(20)14-4-11-18(22-12-13-23-18)10-3-5-17(19)21-2/h3-9,14H,10-13H2,1-2H3/b5-3-,14-4-. The molecule has 0 amide bonds.